The number of non-ortho nitro benzene ring substituents is 1. The third kappa shape index (κ3) is 5.90. The molecule has 0 bridgehead atoms. The monoisotopic (exact) mass is 449 g/mol. The Morgan fingerprint density at radius 1 is 1.36 bits per heavy atom. The van der Waals surface area contributed by atoms with Crippen LogP contribution in [0.2, 0.25) is 5.02 Å². The molecular weight excluding hydrogens is 434 g/mol. The van der Waals surface area contributed by atoms with Crippen LogP contribution in [0, 0.1) is 10.1 Å². The number of hydrogen-bond acceptors (Lipinski definition) is 10. The zero-order valence-corrected chi connectivity index (χ0v) is 16.9. The highest BCUT2D eigenvalue weighted by atomic mass is 35.5. The number of nitrogens with zero attached hydrogens (tertiary/aromatic N) is 3. The predicted molar refractivity (Wildman–Crippen MR) is 102 cm³/mol. The van der Waals surface area contributed by atoms with Gasteiger partial charge in [0.2, 0.25) is 4.34 Å². The number of nitro benzene ring substituents is 1. The topological polar surface area (TPSA) is 153 Å². The van der Waals surface area contributed by atoms with E-state index in [0.29, 0.717) is 5.56 Å². The Kier molecular flexibility index (Phi) is 7.77. The van der Waals surface area contributed by atoms with E-state index in [1.54, 1.807) is 6.92 Å². The highest BCUT2D eigenvalue weighted by Gasteiger charge is 2.22. The summed E-state index contributed by atoms with van der Waals surface area (Å²) in [6.07, 6.45) is 0. The molecule has 0 unspecified atom stereocenters. The Labute approximate surface area is 169 Å². The van der Waals surface area contributed by atoms with Gasteiger partial charge in [-0.2, -0.15) is 0 Å². The summed E-state index contributed by atoms with van der Waals surface area (Å²) in [5, 5.41) is 21.2. The quantitative estimate of drug-likeness (QED) is 0.235. The number of esters is 1. The van der Waals surface area contributed by atoms with Crippen LogP contribution in [0.4, 0.5) is 5.69 Å². The molecule has 0 radical (unpaired) electrons. The van der Waals surface area contributed by atoms with Crippen LogP contribution < -0.4 is 10.0 Å². The molecule has 0 saturated heterocycles. The predicted octanol–water partition coefficient (Wildman–Crippen LogP) is 1.20. The Morgan fingerprint density at radius 3 is 2.75 bits per heavy atom. The summed E-state index contributed by atoms with van der Waals surface area (Å²) >= 11 is 6.80. The SMILES string of the molecule is CCOC(=O)CNCCNS(=O)(=O)c1nnc(-c2ccc([N+](=O)[O-])cc2Cl)s1. The number of carbonyl (C=O) groups is 1. The number of sulfonamides is 1. The summed E-state index contributed by atoms with van der Waals surface area (Å²) < 4.78 is 31.3. The van der Waals surface area contributed by atoms with E-state index in [1.165, 1.54) is 12.1 Å². The van der Waals surface area contributed by atoms with Gasteiger partial charge in [-0.3, -0.25) is 14.9 Å². The number of halogens is 1. The molecule has 0 atom stereocenters. The molecule has 0 fully saturated rings. The highest BCUT2D eigenvalue weighted by Crippen LogP contribution is 2.33. The number of nitrogens with one attached hydrogen (secondary N) is 2. The first-order valence-electron chi connectivity index (χ1n) is 7.88. The fourth-order valence-electron chi connectivity index (χ4n) is 1.96. The maximum Gasteiger partial charge on any atom is 0.319 e. The van der Waals surface area contributed by atoms with Crippen molar-refractivity contribution < 1.29 is 22.9 Å². The second-order valence-corrected chi connectivity index (χ2v) is 8.50. The van der Waals surface area contributed by atoms with Gasteiger partial charge in [0, 0.05) is 30.8 Å². The van der Waals surface area contributed by atoms with Crippen molar-refractivity contribution in [1.82, 2.24) is 20.2 Å². The molecular formula is C14H16ClN5O6S2. The second-order valence-electron chi connectivity index (χ2n) is 5.17. The van der Waals surface area contributed by atoms with Crippen LogP contribution in [-0.2, 0) is 19.6 Å². The van der Waals surface area contributed by atoms with Gasteiger partial charge in [0.15, 0.2) is 0 Å². The molecule has 11 nitrogen and oxygen atoms in total. The number of carbonyl (C=O) groups excluding carboxylic acids is 1. The van der Waals surface area contributed by atoms with E-state index in [0.717, 1.165) is 17.4 Å². The Hall–Kier alpha value is -2.19. The summed E-state index contributed by atoms with van der Waals surface area (Å²) in [5.41, 5.74) is 0.144. The van der Waals surface area contributed by atoms with E-state index in [-0.39, 0.29) is 46.3 Å². The smallest absolute Gasteiger partial charge is 0.319 e. The Bertz CT molecular complexity index is 965. The maximum absolute atomic E-state index is 12.3. The summed E-state index contributed by atoms with van der Waals surface area (Å²) in [4.78, 5) is 21.3. The van der Waals surface area contributed by atoms with Gasteiger partial charge in [0.05, 0.1) is 23.1 Å². The van der Waals surface area contributed by atoms with Crippen molar-refractivity contribution in [2.75, 3.05) is 26.2 Å². The molecule has 2 rings (SSSR count). The number of rotatable bonds is 10. The normalized spacial score (nSPS) is 11.4. The zero-order chi connectivity index (χ0) is 20.7. The van der Waals surface area contributed by atoms with Gasteiger partial charge in [-0.25, -0.2) is 13.1 Å². The fraction of sp³-hybridized carbons (Fsp3) is 0.357. The van der Waals surface area contributed by atoms with Gasteiger partial charge in [0.25, 0.3) is 15.7 Å². The number of ether oxygens (including phenoxy) is 1. The van der Waals surface area contributed by atoms with Crippen LogP contribution >= 0.6 is 22.9 Å². The Morgan fingerprint density at radius 2 is 2.11 bits per heavy atom. The maximum atomic E-state index is 12.3. The minimum Gasteiger partial charge on any atom is -0.465 e. The molecule has 0 saturated carbocycles. The lowest BCUT2D eigenvalue weighted by molar-refractivity contribution is -0.384. The Balaban J connectivity index is 1.98. The van der Waals surface area contributed by atoms with Gasteiger partial charge >= 0.3 is 5.97 Å². The lowest BCUT2D eigenvalue weighted by atomic mass is 10.2. The average molecular weight is 450 g/mol. The summed E-state index contributed by atoms with van der Waals surface area (Å²) in [5.74, 6) is -0.431. The molecule has 1 aromatic carbocycles. The molecule has 0 spiro atoms. The number of benzene rings is 1. The van der Waals surface area contributed by atoms with Crippen molar-refractivity contribution in [2.24, 2.45) is 0 Å². The highest BCUT2D eigenvalue weighted by molar-refractivity contribution is 7.91. The number of hydrogen-bond donors (Lipinski definition) is 2. The van der Waals surface area contributed by atoms with E-state index in [4.69, 9.17) is 16.3 Å². The zero-order valence-electron chi connectivity index (χ0n) is 14.5. The van der Waals surface area contributed by atoms with Crippen molar-refractivity contribution in [1.29, 1.82) is 0 Å². The van der Waals surface area contributed by atoms with E-state index in [9.17, 15) is 23.3 Å². The van der Waals surface area contributed by atoms with Crippen molar-refractivity contribution in [3.8, 4) is 10.6 Å². The van der Waals surface area contributed by atoms with Crippen LogP contribution in [0.5, 0.6) is 0 Å². The molecule has 0 amide bonds. The van der Waals surface area contributed by atoms with Gasteiger partial charge in [0.1, 0.15) is 5.01 Å². The standard InChI is InChI=1S/C14H16ClN5O6S2/c1-2-26-12(21)8-16-5-6-17-28(24,25)14-19-18-13(27-14)10-4-3-9(20(22)23)7-11(10)15/h3-4,7,16-17H,2,5-6,8H2,1H3. The van der Waals surface area contributed by atoms with Crippen molar-refractivity contribution in [3.63, 3.8) is 0 Å². The lowest BCUT2D eigenvalue weighted by Crippen LogP contribution is -2.34. The summed E-state index contributed by atoms with van der Waals surface area (Å²) in [6, 6.07) is 3.77. The van der Waals surface area contributed by atoms with E-state index < -0.39 is 20.9 Å². The van der Waals surface area contributed by atoms with E-state index in [1.807, 2.05) is 0 Å². The fourth-order valence-corrected chi connectivity index (χ4v) is 4.39. The summed E-state index contributed by atoms with van der Waals surface area (Å²) in [7, 11) is -3.91. The lowest BCUT2D eigenvalue weighted by Gasteiger charge is -2.05. The third-order valence-corrected chi connectivity index (χ3v) is 6.30. The van der Waals surface area contributed by atoms with Crippen molar-refractivity contribution in [3.05, 3.63) is 33.3 Å². The van der Waals surface area contributed by atoms with Crippen LogP contribution in [0.1, 0.15) is 6.92 Å². The van der Waals surface area contributed by atoms with Gasteiger partial charge in [-0.15, -0.1) is 10.2 Å². The second kappa shape index (κ2) is 9.84. The largest absolute Gasteiger partial charge is 0.465 e. The van der Waals surface area contributed by atoms with Gasteiger partial charge in [-0.05, 0) is 13.0 Å². The van der Waals surface area contributed by atoms with E-state index in [2.05, 4.69) is 20.2 Å². The molecule has 1 heterocycles. The van der Waals surface area contributed by atoms with Crippen LogP contribution in [0.25, 0.3) is 10.6 Å². The molecule has 2 aromatic rings. The molecule has 2 N–H and O–H groups in total. The van der Waals surface area contributed by atoms with Crippen LogP contribution in [-0.4, -0.2) is 55.7 Å². The molecule has 0 aliphatic heterocycles. The molecule has 14 heteroatoms. The summed E-state index contributed by atoms with van der Waals surface area (Å²) in [6.45, 7) is 2.15. The molecule has 0 aliphatic rings. The minimum absolute atomic E-state index is 0.0228. The average Bonchev–Trinajstić information content (AvgIpc) is 3.12. The van der Waals surface area contributed by atoms with Crippen LogP contribution in [0.3, 0.4) is 0 Å². The molecule has 1 aromatic heterocycles. The number of nitro groups is 1. The first-order valence-corrected chi connectivity index (χ1v) is 10.6. The van der Waals surface area contributed by atoms with Crippen LogP contribution in [0.15, 0.2) is 22.5 Å². The number of aromatic nitrogens is 2. The molecule has 28 heavy (non-hydrogen) atoms. The van der Waals surface area contributed by atoms with E-state index >= 15 is 0 Å². The van der Waals surface area contributed by atoms with Gasteiger partial charge in [-0.1, -0.05) is 22.9 Å². The minimum atomic E-state index is -3.91. The molecule has 152 valence electrons. The van der Waals surface area contributed by atoms with Gasteiger partial charge < -0.3 is 10.1 Å². The third-order valence-electron chi connectivity index (χ3n) is 3.20. The first kappa shape index (κ1) is 22.1. The van der Waals surface area contributed by atoms with Crippen molar-refractivity contribution in [2.45, 2.75) is 11.3 Å². The first-order chi connectivity index (χ1) is 13.2. The molecule has 0 aliphatic carbocycles. The van der Waals surface area contributed by atoms with Crippen molar-refractivity contribution >= 4 is 44.6 Å².